The van der Waals surface area contributed by atoms with Gasteiger partial charge < -0.3 is 10.6 Å². The molecule has 1 unspecified atom stereocenters. The molecule has 1 aliphatic heterocycles. The Morgan fingerprint density at radius 2 is 2.17 bits per heavy atom. The molecule has 0 spiro atoms. The third kappa shape index (κ3) is 3.27. The van der Waals surface area contributed by atoms with Crippen LogP contribution in [0.2, 0.25) is 0 Å². The summed E-state index contributed by atoms with van der Waals surface area (Å²) in [7, 11) is 0. The molecule has 18 heavy (non-hydrogen) atoms. The first-order valence-electron chi connectivity index (χ1n) is 6.35. The van der Waals surface area contributed by atoms with Gasteiger partial charge in [-0.15, -0.1) is 0 Å². The molecule has 5 heteroatoms. The van der Waals surface area contributed by atoms with Crippen LogP contribution < -0.4 is 10.6 Å². The number of carbonyl (C=O) groups excluding carboxylic acids is 1. The van der Waals surface area contributed by atoms with Crippen molar-refractivity contribution < 1.29 is 4.79 Å². The number of hydrogen-bond donors (Lipinski definition) is 2. The Morgan fingerprint density at radius 1 is 1.44 bits per heavy atom. The average Bonchev–Trinajstić information content (AvgIpc) is 2.41. The summed E-state index contributed by atoms with van der Waals surface area (Å²) >= 11 is 0. The van der Waals surface area contributed by atoms with Gasteiger partial charge in [0.25, 0.3) is 0 Å². The molecule has 5 nitrogen and oxygen atoms in total. The van der Waals surface area contributed by atoms with Crippen molar-refractivity contribution in [2.45, 2.75) is 19.9 Å². The summed E-state index contributed by atoms with van der Waals surface area (Å²) < 4.78 is 0. The Bertz CT molecular complexity index is 398. The molecule has 0 aliphatic carbocycles. The Morgan fingerprint density at radius 3 is 2.78 bits per heavy atom. The molecular weight excluding hydrogens is 228 g/mol. The van der Waals surface area contributed by atoms with E-state index in [2.05, 4.69) is 20.5 Å². The van der Waals surface area contributed by atoms with Gasteiger partial charge in [-0.1, -0.05) is 6.07 Å². The van der Waals surface area contributed by atoms with Gasteiger partial charge in [0.1, 0.15) is 5.82 Å². The second-order valence-electron chi connectivity index (χ2n) is 4.67. The van der Waals surface area contributed by atoms with E-state index < -0.39 is 0 Å². The summed E-state index contributed by atoms with van der Waals surface area (Å²) in [5.41, 5.74) is 1.09. The van der Waals surface area contributed by atoms with E-state index in [9.17, 15) is 4.79 Å². The SMILES string of the molecule is Cc1ccc(NC(=O)C(C)N2CCNCC2)nc1. The summed E-state index contributed by atoms with van der Waals surface area (Å²) in [5, 5.41) is 6.13. The fourth-order valence-electron chi connectivity index (χ4n) is 2.01. The number of nitrogens with zero attached hydrogens (tertiary/aromatic N) is 2. The van der Waals surface area contributed by atoms with Crippen LogP contribution in [0.1, 0.15) is 12.5 Å². The number of nitrogens with one attached hydrogen (secondary N) is 2. The van der Waals surface area contributed by atoms with Crippen molar-refractivity contribution in [3.8, 4) is 0 Å². The normalized spacial score (nSPS) is 18.3. The van der Waals surface area contributed by atoms with Crippen molar-refractivity contribution in [1.29, 1.82) is 0 Å². The minimum absolute atomic E-state index is 0.00764. The Balaban J connectivity index is 1.92. The van der Waals surface area contributed by atoms with Crippen molar-refractivity contribution in [3.63, 3.8) is 0 Å². The molecule has 1 atom stereocenters. The van der Waals surface area contributed by atoms with Gasteiger partial charge in [0.05, 0.1) is 6.04 Å². The fraction of sp³-hybridized carbons (Fsp3) is 0.538. The second-order valence-corrected chi connectivity index (χ2v) is 4.67. The van der Waals surface area contributed by atoms with E-state index in [1.807, 2.05) is 26.0 Å². The smallest absolute Gasteiger partial charge is 0.242 e. The predicted molar refractivity (Wildman–Crippen MR) is 71.5 cm³/mol. The van der Waals surface area contributed by atoms with Gasteiger partial charge in [-0.05, 0) is 25.5 Å². The number of piperazine rings is 1. The topological polar surface area (TPSA) is 57.3 Å². The molecule has 1 saturated heterocycles. The third-order valence-electron chi connectivity index (χ3n) is 3.24. The quantitative estimate of drug-likeness (QED) is 0.823. The average molecular weight is 248 g/mol. The third-order valence-corrected chi connectivity index (χ3v) is 3.24. The standard InChI is InChI=1S/C13H20N4O/c1-10-3-4-12(15-9-10)16-13(18)11(2)17-7-5-14-6-8-17/h3-4,9,11,14H,5-8H2,1-2H3,(H,15,16,18). The van der Waals surface area contributed by atoms with Gasteiger partial charge >= 0.3 is 0 Å². The number of aryl methyl sites for hydroxylation is 1. The van der Waals surface area contributed by atoms with E-state index in [0.29, 0.717) is 5.82 Å². The van der Waals surface area contributed by atoms with E-state index in [0.717, 1.165) is 31.7 Å². The van der Waals surface area contributed by atoms with E-state index in [-0.39, 0.29) is 11.9 Å². The number of anilines is 1. The number of pyridine rings is 1. The van der Waals surface area contributed by atoms with Crippen molar-refractivity contribution in [2.75, 3.05) is 31.5 Å². The largest absolute Gasteiger partial charge is 0.314 e. The van der Waals surface area contributed by atoms with Gasteiger partial charge in [-0.3, -0.25) is 9.69 Å². The molecule has 0 aromatic carbocycles. The molecule has 1 aromatic heterocycles. The first-order chi connectivity index (χ1) is 8.66. The highest BCUT2D eigenvalue weighted by atomic mass is 16.2. The predicted octanol–water partition coefficient (Wildman–Crippen LogP) is 0.622. The zero-order chi connectivity index (χ0) is 13.0. The van der Waals surface area contributed by atoms with E-state index >= 15 is 0 Å². The van der Waals surface area contributed by atoms with E-state index in [1.165, 1.54) is 0 Å². The van der Waals surface area contributed by atoms with Crippen LogP contribution in [0, 0.1) is 6.92 Å². The summed E-state index contributed by atoms with van der Waals surface area (Å²) in [6.45, 7) is 7.63. The van der Waals surface area contributed by atoms with Crippen LogP contribution in [0.3, 0.4) is 0 Å². The lowest BCUT2D eigenvalue weighted by molar-refractivity contribution is -0.121. The number of aromatic nitrogens is 1. The maximum atomic E-state index is 12.1. The lowest BCUT2D eigenvalue weighted by atomic mass is 10.2. The summed E-state index contributed by atoms with van der Waals surface area (Å²) in [6, 6.07) is 3.66. The van der Waals surface area contributed by atoms with Crippen LogP contribution in [0.15, 0.2) is 18.3 Å². The van der Waals surface area contributed by atoms with Crippen LogP contribution in [-0.2, 0) is 4.79 Å². The molecule has 1 aliphatic rings. The highest BCUT2D eigenvalue weighted by Crippen LogP contribution is 2.07. The van der Waals surface area contributed by atoms with Gasteiger partial charge in [0.15, 0.2) is 0 Å². The molecule has 1 fully saturated rings. The number of carbonyl (C=O) groups is 1. The van der Waals surface area contributed by atoms with Crippen molar-refractivity contribution in [2.24, 2.45) is 0 Å². The van der Waals surface area contributed by atoms with Crippen LogP contribution in [0.25, 0.3) is 0 Å². The summed E-state index contributed by atoms with van der Waals surface area (Å²) in [6.07, 6.45) is 1.76. The molecule has 1 aromatic rings. The lowest BCUT2D eigenvalue weighted by Gasteiger charge is -2.31. The maximum absolute atomic E-state index is 12.1. The van der Waals surface area contributed by atoms with E-state index in [4.69, 9.17) is 0 Å². The lowest BCUT2D eigenvalue weighted by Crippen LogP contribution is -2.51. The van der Waals surface area contributed by atoms with Crippen LogP contribution >= 0.6 is 0 Å². The van der Waals surface area contributed by atoms with Gasteiger partial charge in [0, 0.05) is 32.4 Å². The Labute approximate surface area is 108 Å². The Kier molecular flexibility index (Phi) is 4.28. The first-order valence-corrected chi connectivity index (χ1v) is 6.35. The van der Waals surface area contributed by atoms with Crippen molar-refractivity contribution in [1.82, 2.24) is 15.2 Å². The van der Waals surface area contributed by atoms with Crippen LogP contribution in [0.5, 0.6) is 0 Å². The van der Waals surface area contributed by atoms with Gasteiger partial charge in [-0.25, -0.2) is 4.98 Å². The fourth-order valence-corrected chi connectivity index (χ4v) is 2.01. The summed E-state index contributed by atoms with van der Waals surface area (Å²) in [5.74, 6) is 0.626. The number of amides is 1. The number of hydrogen-bond acceptors (Lipinski definition) is 4. The molecule has 0 saturated carbocycles. The molecular formula is C13H20N4O. The molecule has 1 amide bonds. The first kappa shape index (κ1) is 13.0. The van der Waals surface area contributed by atoms with Gasteiger partial charge in [-0.2, -0.15) is 0 Å². The monoisotopic (exact) mass is 248 g/mol. The highest BCUT2D eigenvalue weighted by molar-refractivity contribution is 5.93. The molecule has 2 rings (SSSR count). The molecule has 2 heterocycles. The van der Waals surface area contributed by atoms with Crippen LogP contribution in [0.4, 0.5) is 5.82 Å². The zero-order valence-electron chi connectivity index (χ0n) is 10.9. The number of rotatable bonds is 3. The van der Waals surface area contributed by atoms with Crippen LogP contribution in [-0.4, -0.2) is 48.0 Å². The van der Waals surface area contributed by atoms with E-state index in [1.54, 1.807) is 6.20 Å². The summed E-state index contributed by atoms with van der Waals surface area (Å²) in [4.78, 5) is 18.4. The molecule has 98 valence electrons. The minimum Gasteiger partial charge on any atom is -0.314 e. The zero-order valence-corrected chi connectivity index (χ0v) is 10.9. The minimum atomic E-state index is -0.116. The maximum Gasteiger partial charge on any atom is 0.242 e. The molecule has 2 N–H and O–H groups in total. The Hall–Kier alpha value is -1.46. The highest BCUT2D eigenvalue weighted by Gasteiger charge is 2.22. The molecule has 0 radical (unpaired) electrons. The van der Waals surface area contributed by atoms with Crippen molar-refractivity contribution >= 4 is 11.7 Å². The molecule has 0 bridgehead atoms. The second kappa shape index (κ2) is 5.93. The van der Waals surface area contributed by atoms with Gasteiger partial charge in [0.2, 0.25) is 5.91 Å². The van der Waals surface area contributed by atoms with Crippen molar-refractivity contribution in [3.05, 3.63) is 23.9 Å².